The van der Waals surface area contributed by atoms with Crippen molar-refractivity contribution in [3.8, 4) is 17.2 Å². The lowest BCUT2D eigenvalue weighted by Crippen LogP contribution is -2.31. The minimum absolute atomic E-state index is 0.212. The molecular weight excluding hydrogens is 402 g/mol. The van der Waals surface area contributed by atoms with E-state index < -0.39 is 25.0 Å². The van der Waals surface area contributed by atoms with Gasteiger partial charge in [0.15, 0.2) is 18.1 Å². The molecule has 0 unspecified atom stereocenters. The highest BCUT2D eigenvalue weighted by atomic mass is 16.5. The van der Waals surface area contributed by atoms with Crippen LogP contribution in [0.15, 0.2) is 24.3 Å². The predicted octanol–water partition coefficient (Wildman–Crippen LogP) is 2.79. The first kappa shape index (κ1) is 23.7. The standard InChI is InChI=1S/C23H27NO7/c1-13-7-14(2)21(15(3)8-13)17(25)12-31-20(26)11-24-23(27)16-9-18(28-4)22(30-6)19(10-16)29-5/h7-10H,11-12H2,1-6H3,(H,24,27). The molecule has 0 heterocycles. The summed E-state index contributed by atoms with van der Waals surface area (Å²) in [7, 11) is 4.33. The van der Waals surface area contributed by atoms with Crippen molar-refractivity contribution in [2.75, 3.05) is 34.5 Å². The van der Waals surface area contributed by atoms with E-state index in [9.17, 15) is 14.4 Å². The van der Waals surface area contributed by atoms with Crippen LogP contribution in [0.3, 0.4) is 0 Å². The third-order valence-corrected chi connectivity index (χ3v) is 4.64. The number of esters is 1. The first-order valence-corrected chi connectivity index (χ1v) is 9.56. The van der Waals surface area contributed by atoms with Gasteiger partial charge >= 0.3 is 5.97 Å². The molecule has 0 atom stereocenters. The molecule has 0 saturated carbocycles. The number of carbonyl (C=O) groups is 3. The van der Waals surface area contributed by atoms with Crippen LogP contribution in [0.5, 0.6) is 17.2 Å². The lowest BCUT2D eigenvalue weighted by atomic mass is 9.97. The SMILES string of the molecule is COc1cc(C(=O)NCC(=O)OCC(=O)c2c(C)cc(C)cc2C)cc(OC)c1OC. The zero-order chi connectivity index (χ0) is 23.1. The molecule has 8 nitrogen and oxygen atoms in total. The third-order valence-electron chi connectivity index (χ3n) is 4.64. The van der Waals surface area contributed by atoms with Crippen LogP contribution < -0.4 is 19.5 Å². The number of ketones is 1. The summed E-state index contributed by atoms with van der Waals surface area (Å²) in [5, 5.41) is 2.46. The van der Waals surface area contributed by atoms with Gasteiger partial charge in [-0.25, -0.2) is 0 Å². The van der Waals surface area contributed by atoms with Crippen molar-refractivity contribution in [2.45, 2.75) is 20.8 Å². The predicted molar refractivity (Wildman–Crippen MR) is 114 cm³/mol. The van der Waals surface area contributed by atoms with Crippen molar-refractivity contribution < 1.29 is 33.3 Å². The summed E-state index contributed by atoms with van der Waals surface area (Å²) in [4.78, 5) is 36.9. The smallest absolute Gasteiger partial charge is 0.325 e. The van der Waals surface area contributed by atoms with Gasteiger partial charge in [-0.15, -0.1) is 0 Å². The average Bonchev–Trinajstić information content (AvgIpc) is 2.73. The maximum absolute atomic E-state index is 12.5. The second-order valence-electron chi connectivity index (χ2n) is 6.95. The van der Waals surface area contributed by atoms with E-state index in [1.165, 1.54) is 33.5 Å². The Morgan fingerprint density at radius 2 is 1.39 bits per heavy atom. The molecule has 8 heteroatoms. The quantitative estimate of drug-likeness (QED) is 0.483. The Balaban J connectivity index is 1.97. The summed E-state index contributed by atoms with van der Waals surface area (Å²) in [6.07, 6.45) is 0. The molecule has 0 bridgehead atoms. The van der Waals surface area contributed by atoms with E-state index in [-0.39, 0.29) is 11.3 Å². The van der Waals surface area contributed by atoms with Gasteiger partial charge in [-0.1, -0.05) is 17.7 Å². The first-order valence-electron chi connectivity index (χ1n) is 9.56. The summed E-state index contributed by atoms with van der Waals surface area (Å²) in [5.41, 5.74) is 3.46. The highest BCUT2D eigenvalue weighted by molar-refractivity contribution is 6.01. The van der Waals surface area contributed by atoms with Crippen molar-refractivity contribution in [1.82, 2.24) is 5.32 Å². The molecule has 0 aromatic heterocycles. The monoisotopic (exact) mass is 429 g/mol. The molecule has 0 aliphatic carbocycles. The molecule has 1 N–H and O–H groups in total. The Hall–Kier alpha value is -3.55. The summed E-state index contributed by atoms with van der Waals surface area (Å²) in [6, 6.07) is 6.74. The molecule has 0 saturated heterocycles. The maximum Gasteiger partial charge on any atom is 0.325 e. The highest BCUT2D eigenvalue weighted by Gasteiger charge is 2.19. The summed E-state index contributed by atoms with van der Waals surface area (Å²) < 4.78 is 20.7. The fourth-order valence-corrected chi connectivity index (χ4v) is 3.36. The van der Waals surface area contributed by atoms with E-state index in [1.54, 1.807) is 0 Å². The number of methoxy groups -OCH3 is 3. The molecule has 31 heavy (non-hydrogen) atoms. The molecule has 1 amide bonds. The van der Waals surface area contributed by atoms with Gasteiger partial charge in [-0.3, -0.25) is 14.4 Å². The average molecular weight is 429 g/mol. The van der Waals surface area contributed by atoms with Crippen molar-refractivity contribution in [3.05, 3.63) is 52.1 Å². The van der Waals surface area contributed by atoms with Crippen molar-refractivity contribution in [2.24, 2.45) is 0 Å². The minimum Gasteiger partial charge on any atom is -0.493 e. The van der Waals surface area contributed by atoms with Gasteiger partial charge in [0, 0.05) is 11.1 Å². The van der Waals surface area contributed by atoms with Crippen LogP contribution in [0.4, 0.5) is 0 Å². The fraction of sp³-hybridized carbons (Fsp3) is 0.348. The number of nitrogens with one attached hydrogen (secondary N) is 1. The Bertz CT molecular complexity index is 949. The first-order chi connectivity index (χ1) is 14.7. The summed E-state index contributed by atoms with van der Waals surface area (Å²) >= 11 is 0. The van der Waals surface area contributed by atoms with Crippen LogP contribution in [0.1, 0.15) is 37.4 Å². The van der Waals surface area contributed by atoms with E-state index >= 15 is 0 Å². The van der Waals surface area contributed by atoms with Crippen LogP contribution in [-0.2, 0) is 9.53 Å². The second-order valence-corrected chi connectivity index (χ2v) is 6.95. The number of amides is 1. The molecule has 0 fully saturated rings. The number of benzene rings is 2. The van der Waals surface area contributed by atoms with Gasteiger partial charge in [0.25, 0.3) is 5.91 Å². The Labute approximate surface area is 181 Å². The maximum atomic E-state index is 12.5. The number of ether oxygens (including phenoxy) is 4. The topological polar surface area (TPSA) is 100 Å². The minimum atomic E-state index is -0.725. The lowest BCUT2D eigenvalue weighted by Gasteiger charge is -2.14. The number of rotatable bonds is 9. The van der Waals surface area contributed by atoms with E-state index in [2.05, 4.69) is 5.32 Å². The molecule has 0 radical (unpaired) electrons. The highest BCUT2D eigenvalue weighted by Crippen LogP contribution is 2.38. The summed E-state index contributed by atoms with van der Waals surface area (Å²) in [6.45, 7) is 4.84. The van der Waals surface area contributed by atoms with Gasteiger partial charge in [-0.2, -0.15) is 0 Å². The molecule has 166 valence electrons. The molecule has 0 aliphatic heterocycles. The molecular formula is C23H27NO7. The molecule has 0 spiro atoms. The number of carbonyl (C=O) groups excluding carboxylic acids is 3. The van der Waals surface area contributed by atoms with Gasteiger partial charge in [-0.05, 0) is 44.0 Å². The van der Waals surface area contributed by atoms with E-state index in [1.807, 2.05) is 32.9 Å². The van der Waals surface area contributed by atoms with Crippen LogP contribution >= 0.6 is 0 Å². The van der Waals surface area contributed by atoms with E-state index in [0.717, 1.165) is 16.7 Å². The van der Waals surface area contributed by atoms with Crippen LogP contribution in [0, 0.1) is 20.8 Å². The number of hydrogen-bond donors (Lipinski definition) is 1. The zero-order valence-electron chi connectivity index (χ0n) is 18.6. The van der Waals surface area contributed by atoms with E-state index in [4.69, 9.17) is 18.9 Å². The molecule has 0 aliphatic rings. The Morgan fingerprint density at radius 3 is 1.87 bits per heavy atom. The Morgan fingerprint density at radius 1 is 0.839 bits per heavy atom. The fourth-order valence-electron chi connectivity index (χ4n) is 3.36. The van der Waals surface area contributed by atoms with Gasteiger partial charge in [0.05, 0.1) is 21.3 Å². The lowest BCUT2D eigenvalue weighted by molar-refractivity contribution is -0.141. The number of Topliss-reactive ketones (excluding diaryl/α,β-unsaturated/α-hetero) is 1. The largest absolute Gasteiger partial charge is 0.493 e. The number of hydrogen-bond acceptors (Lipinski definition) is 7. The Kier molecular flexibility index (Phi) is 8.01. The van der Waals surface area contributed by atoms with Crippen LogP contribution in [0.2, 0.25) is 0 Å². The van der Waals surface area contributed by atoms with Gasteiger partial charge in [0.1, 0.15) is 6.54 Å². The third kappa shape index (κ3) is 5.75. The molecule has 2 aromatic rings. The second kappa shape index (κ2) is 10.5. The van der Waals surface area contributed by atoms with Gasteiger partial charge in [0.2, 0.25) is 11.5 Å². The van der Waals surface area contributed by atoms with Crippen LogP contribution in [-0.4, -0.2) is 52.1 Å². The molecule has 2 rings (SSSR count). The number of aryl methyl sites for hydroxylation is 3. The van der Waals surface area contributed by atoms with Crippen molar-refractivity contribution in [1.29, 1.82) is 0 Å². The van der Waals surface area contributed by atoms with Gasteiger partial charge < -0.3 is 24.3 Å². The van der Waals surface area contributed by atoms with Crippen molar-refractivity contribution >= 4 is 17.7 Å². The normalized spacial score (nSPS) is 10.3. The van der Waals surface area contributed by atoms with E-state index in [0.29, 0.717) is 22.8 Å². The molecule has 2 aromatic carbocycles. The summed E-state index contributed by atoms with van der Waals surface area (Å²) in [5.74, 6) is -0.585. The van der Waals surface area contributed by atoms with Crippen molar-refractivity contribution in [3.63, 3.8) is 0 Å². The zero-order valence-corrected chi connectivity index (χ0v) is 18.6. The van der Waals surface area contributed by atoms with Crippen LogP contribution in [0.25, 0.3) is 0 Å².